The molecule has 2 saturated carbocycles. The Balaban J connectivity index is 0. The molecular weight excluding hydrogens is 337 g/mol. The number of halogens is 2. The summed E-state index contributed by atoms with van der Waals surface area (Å²) in [6.45, 7) is 3.89. The van der Waals surface area contributed by atoms with Gasteiger partial charge in [0, 0.05) is 0 Å². The van der Waals surface area contributed by atoms with E-state index in [0.717, 1.165) is 0 Å². The summed E-state index contributed by atoms with van der Waals surface area (Å²) in [4.78, 5) is 2.59. The molecule has 3 aliphatic rings. The Morgan fingerprint density at radius 1 is 0.762 bits per heavy atom. The molecule has 1 aliphatic heterocycles. The van der Waals surface area contributed by atoms with Crippen LogP contribution in [0.2, 0.25) is 0 Å². The maximum Gasteiger partial charge on any atom is 4.00 e. The Morgan fingerprint density at radius 2 is 1.24 bits per heavy atom. The third-order valence-corrected chi connectivity index (χ3v) is 3.45. The average Bonchev–Trinajstić information content (AvgIpc) is 3.13. The third kappa shape index (κ3) is 11.4. The van der Waals surface area contributed by atoms with Crippen LogP contribution >= 0.6 is 12.4 Å². The van der Waals surface area contributed by atoms with E-state index in [1.807, 2.05) is 32.1 Å². The Hall–Kier alpha value is 1.25. The molecule has 0 spiro atoms. The van der Waals surface area contributed by atoms with Crippen LogP contribution in [0.4, 0.5) is 0 Å². The molecular formula is C17H24Cl2NTi+3. The molecule has 2 aliphatic carbocycles. The number of hydrogen-bond acceptors (Lipinski definition) is 1. The zero-order valence-corrected chi connectivity index (χ0v) is 15.5. The van der Waals surface area contributed by atoms with Crippen LogP contribution in [-0.4, -0.2) is 24.5 Å². The minimum atomic E-state index is 0. The van der Waals surface area contributed by atoms with E-state index in [1.165, 1.54) is 51.2 Å². The molecule has 0 aromatic heterocycles. The first-order valence-electron chi connectivity index (χ1n) is 7.05. The van der Waals surface area contributed by atoms with Gasteiger partial charge in [-0.2, -0.15) is 0 Å². The fraction of sp³-hybridized carbons (Fsp3) is 0.412. The van der Waals surface area contributed by atoms with Gasteiger partial charge in [-0.3, -0.25) is 0 Å². The molecule has 1 saturated heterocycles. The molecule has 1 nitrogen and oxygen atoms in total. The van der Waals surface area contributed by atoms with Gasteiger partial charge < -0.3 is 17.3 Å². The second kappa shape index (κ2) is 16.1. The summed E-state index contributed by atoms with van der Waals surface area (Å²) in [5, 5.41) is 0. The molecule has 0 N–H and O–H groups in total. The molecule has 1 heterocycles. The predicted molar refractivity (Wildman–Crippen MR) is 84.1 cm³/mol. The van der Waals surface area contributed by atoms with Gasteiger partial charge in [-0.25, -0.2) is 0 Å². The second-order valence-corrected chi connectivity index (χ2v) is 4.91. The monoisotopic (exact) mass is 360 g/mol. The van der Waals surface area contributed by atoms with E-state index in [-0.39, 0.29) is 46.5 Å². The molecule has 0 aromatic rings. The molecule has 10 radical (unpaired) electrons. The van der Waals surface area contributed by atoms with Crippen molar-refractivity contribution in [3.05, 3.63) is 63.7 Å². The van der Waals surface area contributed by atoms with Gasteiger partial charge in [-0.15, -0.1) is 12.4 Å². The van der Waals surface area contributed by atoms with E-state index in [9.17, 15) is 0 Å². The normalized spacial score (nSPS) is 22.3. The van der Waals surface area contributed by atoms with Gasteiger partial charge in [0.15, 0.2) is 0 Å². The third-order valence-electron chi connectivity index (χ3n) is 3.45. The van der Waals surface area contributed by atoms with Gasteiger partial charge in [-0.05, 0) is 103 Å². The number of rotatable bonds is 3. The molecule has 0 atom stereocenters. The van der Waals surface area contributed by atoms with E-state index >= 15 is 0 Å². The summed E-state index contributed by atoms with van der Waals surface area (Å²) in [7, 11) is 0. The first kappa shape index (κ1) is 24.5. The van der Waals surface area contributed by atoms with Gasteiger partial charge in [0.05, 0.1) is 0 Å². The molecule has 0 amide bonds. The van der Waals surface area contributed by atoms with Crippen molar-refractivity contribution in [2.75, 3.05) is 19.6 Å². The Labute approximate surface area is 160 Å². The maximum atomic E-state index is 2.59. The first-order chi connectivity index (χ1) is 8.95. The molecule has 0 unspecified atom stereocenters. The van der Waals surface area contributed by atoms with Crippen molar-refractivity contribution >= 4 is 12.4 Å². The van der Waals surface area contributed by atoms with Crippen LogP contribution in [0.1, 0.15) is 25.7 Å². The van der Waals surface area contributed by atoms with Crippen molar-refractivity contribution in [1.29, 1.82) is 0 Å². The van der Waals surface area contributed by atoms with Crippen LogP contribution in [-0.2, 0) is 21.7 Å². The quantitative estimate of drug-likeness (QED) is 0.670. The summed E-state index contributed by atoms with van der Waals surface area (Å²) in [5.74, 6) is 1.49. The van der Waals surface area contributed by atoms with Crippen molar-refractivity contribution in [2.24, 2.45) is 0 Å². The molecule has 0 bridgehead atoms. The number of hydrogen-bond donors (Lipinski definition) is 0. The fourth-order valence-electron chi connectivity index (χ4n) is 2.37. The van der Waals surface area contributed by atoms with Crippen LogP contribution in [0.25, 0.3) is 0 Å². The fourth-order valence-corrected chi connectivity index (χ4v) is 2.37. The van der Waals surface area contributed by atoms with Gasteiger partial charge in [0.25, 0.3) is 0 Å². The molecule has 112 valence electrons. The van der Waals surface area contributed by atoms with E-state index < -0.39 is 0 Å². The van der Waals surface area contributed by atoms with Crippen LogP contribution < -0.4 is 12.4 Å². The molecule has 4 heteroatoms. The number of nitrogens with zero attached hydrogens (tertiary/aromatic N) is 1. The largest absolute Gasteiger partial charge is 4.00 e. The van der Waals surface area contributed by atoms with E-state index in [1.54, 1.807) is 0 Å². The molecule has 3 fully saturated rings. The first-order valence-corrected chi connectivity index (χ1v) is 7.05. The zero-order chi connectivity index (χ0) is 12.5. The average molecular weight is 361 g/mol. The van der Waals surface area contributed by atoms with Crippen LogP contribution in [0.5, 0.6) is 0 Å². The van der Waals surface area contributed by atoms with E-state index in [2.05, 4.69) is 30.6 Å². The van der Waals surface area contributed by atoms with Crippen molar-refractivity contribution in [2.45, 2.75) is 25.7 Å². The maximum absolute atomic E-state index is 2.59. The van der Waals surface area contributed by atoms with Gasteiger partial charge in [0.2, 0.25) is 0 Å². The zero-order valence-electron chi connectivity index (χ0n) is 12.4. The minimum Gasteiger partial charge on any atom is -1.00 e. The summed E-state index contributed by atoms with van der Waals surface area (Å²) >= 11 is 0. The minimum absolute atomic E-state index is 0. The second-order valence-electron chi connectivity index (χ2n) is 4.91. The SMILES string of the molecule is Cl.[CH]1[CH][CH][CH][CH]1.[CH]1[CH][CH][C](CCN2CCCCC2)[CH]1.[Cl-].[Ti+4]. The Bertz CT molecular complexity index is 193. The van der Waals surface area contributed by atoms with Gasteiger partial charge >= 0.3 is 21.7 Å². The summed E-state index contributed by atoms with van der Waals surface area (Å²) in [5.41, 5.74) is 0. The Morgan fingerprint density at radius 3 is 1.71 bits per heavy atom. The summed E-state index contributed by atoms with van der Waals surface area (Å²) in [6, 6.07) is 0. The smallest absolute Gasteiger partial charge is 1.00 e. The topological polar surface area (TPSA) is 3.24 Å². The van der Waals surface area contributed by atoms with Crippen molar-refractivity contribution in [3.63, 3.8) is 0 Å². The van der Waals surface area contributed by atoms with E-state index in [0.29, 0.717) is 0 Å². The predicted octanol–water partition coefficient (Wildman–Crippen LogP) is 0.712. The van der Waals surface area contributed by atoms with Crippen molar-refractivity contribution in [1.82, 2.24) is 4.90 Å². The van der Waals surface area contributed by atoms with Crippen LogP contribution in [0, 0.1) is 63.7 Å². The number of piperidine rings is 1. The van der Waals surface area contributed by atoms with Gasteiger partial charge in [0.1, 0.15) is 0 Å². The van der Waals surface area contributed by atoms with E-state index in [4.69, 9.17) is 0 Å². The summed E-state index contributed by atoms with van der Waals surface area (Å²) < 4.78 is 0. The summed E-state index contributed by atoms with van der Waals surface area (Å²) in [6.07, 6.45) is 24.2. The molecule has 0 aromatic carbocycles. The number of likely N-dealkylation sites (tertiary alicyclic amines) is 1. The molecule has 21 heavy (non-hydrogen) atoms. The standard InChI is InChI=1S/C12H18N.C5H5.2ClH.Ti/c1-4-9-13(10-5-1)11-8-12-6-2-3-7-12;1-2-4-5-3-1;;;/h2-3,6-7H,1,4-5,8-11H2;1-5H;2*1H;/q;;;;+4/p-1. The van der Waals surface area contributed by atoms with Crippen LogP contribution in [0.15, 0.2) is 0 Å². The molecule has 3 rings (SSSR count). The Kier molecular flexibility index (Phi) is 18.8. The van der Waals surface area contributed by atoms with Crippen LogP contribution in [0.3, 0.4) is 0 Å². The van der Waals surface area contributed by atoms with Crippen molar-refractivity contribution in [3.8, 4) is 0 Å². The van der Waals surface area contributed by atoms with Crippen molar-refractivity contribution < 1.29 is 34.1 Å². The van der Waals surface area contributed by atoms with Gasteiger partial charge in [-0.1, -0.05) is 6.42 Å².